The third kappa shape index (κ3) is 2.59. The van der Waals surface area contributed by atoms with Crippen LogP contribution in [0.3, 0.4) is 0 Å². The van der Waals surface area contributed by atoms with Crippen molar-refractivity contribution in [1.82, 2.24) is 0 Å². The Morgan fingerprint density at radius 2 is 1.54 bits per heavy atom. The van der Waals surface area contributed by atoms with E-state index in [0.717, 1.165) is 38.9 Å². The molecule has 0 aromatic rings. The molecular formula is C19H26O7. The van der Waals surface area contributed by atoms with Crippen LogP contribution in [0.2, 0.25) is 0 Å². The highest BCUT2D eigenvalue weighted by Crippen LogP contribution is 2.48. The molecule has 0 aromatic carbocycles. The fourth-order valence-corrected chi connectivity index (χ4v) is 5.64. The van der Waals surface area contributed by atoms with Crippen LogP contribution in [0.15, 0.2) is 0 Å². The number of ketones is 1. The normalized spacial score (nSPS) is 54.3. The van der Waals surface area contributed by atoms with Crippen molar-refractivity contribution < 1.29 is 33.2 Å². The van der Waals surface area contributed by atoms with E-state index in [1.165, 1.54) is 0 Å². The number of hydrogen-bond donors (Lipinski definition) is 0. The molecule has 7 fully saturated rings. The Labute approximate surface area is 152 Å². The molecule has 7 saturated heterocycles. The number of rotatable bonds is 4. The van der Waals surface area contributed by atoms with Gasteiger partial charge in [0, 0.05) is 32.5 Å². The fraction of sp³-hybridized carbons (Fsp3) is 0.947. The molecule has 0 spiro atoms. The molecule has 0 aromatic heterocycles. The van der Waals surface area contributed by atoms with Crippen molar-refractivity contribution in [1.29, 1.82) is 0 Å². The zero-order chi connectivity index (χ0) is 17.3. The maximum absolute atomic E-state index is 12.4. The van der Waals surface area contributed by atoms with Gasteiger partial charge in [-0.3, -0.25) is 4.79 Å². The SMILES string of the molecule is O=C(CC1CCOC1)CC1CCC2OC3C4OC5CC4OC3C(O5)C2O1. The summed E-state index contributed by atoms with van der Waals surface area (Å²) >= 11 is 0. The lowest BCUT2D eigenvalue weighted by Crippen LogP contribution is -2.61. The molecule has 0 amide bonds. The highest BCUT2D eigenvalue weighted by atomic mass is 16.8. The Morgan fingerprint density at radius 3 is 2.42 bits per heavy atom. The Bertz CT molecular complexity index is 576. The molecule has 7 aliphatic heterocycles. The molecule has 7 nitrogen and oxygen atoms in total. The van der Waals surface area contributed by atoms with Crippen LogP contribution in [-0.2, 0) is 33.2 Å². The first-order valence-corrected chi connectivity index (χ1v) is 10.1. The predicted octanol–water partition coefficient (Wildman–Crippen LogP) is 0.968. The standard InChI is InChI=1S/C19H26O7/c20-10(5-9-3-4-21-8-9)6-11-1-2-12-15(22-11)18-19-17(23-12)16-13(24-19)7-14(25-16)26-18/h9,11-19H,1-8H2. The second kappa shape index (κ2) is 6.22. The van der Waals surface area contributed by atoms with Crippen LogP contribution in [0, 0.1) is 5.92 Å². The second-order valence-corrected chi connectivity index (χ2v) is 8.62. The Balaban J connectivity index is 1.13. The zero-order valence-electron chi connectivity index (χ0n) is 14.8. The summed E-state index contributed by atoms with van der Waals surface area (Å²) in [7, 11) is 0. The molecule has 10 unspecified atom stereocenters. The lowest BCUT2D eigenvalue weighted by Gasteiger charge is -2.46. The monoisotopic (exact) mass is 366 g/mol. The van der Waals surface area contributed by atoms with Gasteiger partial charge in [0.1, 0.15) is 36.3 Å². The first kappa shape index (κ1) is 16.4. The van der Waals surface area contributed by atoms with E-state index < -0.39 is 0 Å². The van der Waals surface area contributed by atoms with Crippen molar-refractivity contribution in [3.63, 3.8) is 0 Å². The van der Waals surface area contributed by atoms with Crippen molar-refractivity contribution >= 4 is 5.78 Å². The lowest BCUT2D eigenvalue weighted by atomic mass is 9.87. The van der Waals surface area contributed by atoms with Crippen LogP contribution in [0.4, 0.5) is 0 Å². The topological polar surface area (TPSA) is 72.5 Å². The lowest BCUT2D eigenvalue weighted by molar-refractivity contribution is -0.264. The average Bonchev–Trinajstić information content (AvgIpc) is 3.26. The molecule has 7 heteroatoms. The van der Waals surface area contributed by atoms with Gasteiger partial charge in [-0.15, -0.1) is 0 Å². The van der Waals surface area contributed by atoms with Crippen LogP contribution in [0.25, 0.3) is 0 Å². The van der Waals surface area contributed by atoms with Crippen LogP contribution in [0.5, 0.6) is 0 Å². The Kier molecular flexibility index (Phi) is 3.92. The minimum absolute atomic E-state index is 0.00359. The van der Waals surface area contributed by atoms with Gasteiger partial charge in [0.05, 0.1) is 18.3 Å². The minimum Gasteiger partial charge on any atom is -0.381 e. The summed E-state index contributed by atoms with van der Waals surface area (Å²) in [6.45, 7) is 1.50. The maximum Gasteiger partial charge on any atom is 0.161 e. The van der Waals surface area contributed by atoms with Gasteiger partial charge < -0.3 is 28.4 Å². The smallest absolute Gasteiger partial charge is 0.161 e. The maximum atomic E-state index is 12.4. The number of carbonyl (C=O) groups excluding carboxylic acids is 1. The predicted molar refractivity (Wildman–Crippen MR) is 86.5 cm³/mol. The third-order valence-electron chi connectivity index (χ3n) is 6.85. The van der Waals surface area contributed by atoms with Crippen molar-refractivity contribution in [2.75, 3.05) is 13.2 Å². The van der Waals surface area contributed by atoms with Gasteiger partial charge in [0.25, 0.3) is 0 Å². The molecule has 0 aliphatic carbocycles. The number of Topliss-reactive ketones (excluding diaryl/α,β-unsaturated/α-hetero) is 1. The largest absolute Gasteiger partial charge is 0.381 e. The molecule has 7 rings (SSSR count). The third-order valence-corrected chi connectivity index (χ3v) is 6.85. The van der Waals surface area contributed by atoms with Gasteiger partial charge in [0.15, 0.2) is 6.29 Å². The van der Waals surface area contributed by atoms with Crippen molar-refractivity contribution in [3.8, 4) is 0 Å². The van der Waals surface area contributed by atoms with E-state index in [4.69, 9.17) is 28.4 Å². The molecule has 0 saturated carbocycles. The van der Waals surface area contributed by atoms with E-state index in [-0.39, 0.29) is 60.9 Å². The summed E-state index contributed by atoms with van der Waals surface area (Å²) in [6.07, 6.45) is 4.01. The van der Waals surface area contributed by atoms with E-state index in [9.17, 15) is 4.79 Å². The summed E-state index contributed by atoms with van der Waals surface area (Å²) in [4.78, 5) is 12.4. The van der Waals surface area contributed by atoms with Gasteiger partial charge in [-0.1, -0.05) is 0 Å². The first-order chi connectivity index (χ1) is 12.7. The highest BCUT2D eigenvalue weighted by Gasteiger charge is 2.64. The zero-order valence-corrected chi connectivity index (χ0v) is 14.8. The highest BCUT2D eigenvalue weighted by molar-refractivity contribution is 5.79. The summed E-state index contributed by atoms with van der Waals surface area (Å²) in [6, 6.07) is 0. The molecule has 6 bridgehead atoms. The van der Waals surface area contributed by atoms with Crippen LogP contribution in [-0.4, -0.2) is 74.1 Å². The van der Waals surface area contributed by atoms with Gasteiger partial charge in [-0.2, -0.15) is 0 Å². The number of hydrogen-bond acceptors (Lipinski definition) is 7. The summed E-state index contributed by atoms with van der Waals surface area (Å²) in [5, 5.41) is 0. The van der Waals surface area contributed by atoms with E-state index in [0.29, 0.717) is 18.8 Å². The number of ether oxygens (including phenoxy) is 6. The quantitative estimate of drug-likeness (QED) is 0.734. The van der Waals surface area contributed by atoms with Crippen LogP contribution in [0.1, 0.15) is 38.5 Å². The van der Waals surface area contributed by atoms with Gasteiger partial charge in [-0.05, 0) is 25.2 Å². The van der Waals surface area contributed by atoms with Crippen molar-refractivity contribution in [3.05, 3.63) is 0 Å². The molecule has 0 radical (unpaired) electrons. The first-order valence-electron chi connectivity index (χ1n) is 10.1. The summed E-state index contributed by atoms with van der Waals surface area (Å²) < 4.78 is 36.4. The van der Waals surface area contributed by atoms with Crippen LogP contribution < -0.4 is 0 Å². The van der Waals surface area contributed by atoms with E-state index in [2.05, 4.69) is 0 Å². The molecule has 0 N–H and O–H groups in total. The van der Waals surface area contributed by atoms with E-state index in [1.807, 2.05) is 0 Å². The number of fused-ring (bicyclic) bond motifs is 1. The Morgan fingerprint density at radius 1 is 0.769 bits per heavy atom. The second-order valence-electron chi connectivity index (χ2n) is 8.62. The summed E-state index contributed by atoms with van der Waals surface area (Å²) in [5.74, 6) is 0.665. The molecule has 144 valence electrons. The molecular weight excluding hydrogens is 340 g/mol. The van der Waals surface area contributed by atoms with E-state index >= 15 is 0 Å². The molecule has 26 heavy (non-hydrogen) atoms. The van der Waals surface area contributed by atoms with Crippen molar-refractivity contribution in [2.45, 2.75) is 93.6 Å². The van der Waals surface area contributed by atoms with Gasteiger partial charge in [-0.25, -0.2) is 0 Å². The summed E-state index contributed by atoms with van der Waals surface area (Å²) in [5.41, 5.74) is 0. The Hall–Kier alpha value is -0.570. The minimum atomic E-state index is -0.208. The molecule has 10 atom stereocenters. The number of carbonyl (C=O) groups is 1. The molecule has 7 heterocycles. The molecule has 7 aliphatic rings. The van der Waals surface area contributed by atoms with Crippen LogP contribution >= 0.6 is 0 Å². The van der Waals surface area contributed by atoms with Crippen molar-refractivity contribution in [2.24, 2.45) is 5.92 Å². The van der Waals surface area contributed by atoms with Gasteiger partial charge >= 0.3 is 0 Å². The van der Waals surface area contributed by atoms with E-state index in [1.54, 1.807) is 0 Å². The van der Waals surface area contributed by atoms with Gasteiger partial charge in [0.2, 0.25) is 0 Å². The average molecular weight is 366 g/mol. The fourth-order valence-electron chi connectivity index (χ4n) is 5.64.